The monoisotopic (exact) mass is 456 g/mol. The highest BCUT2D eigenvalue weighted by molar-refractivity contribution is 7.12. The number of aliphatic hydroxyl groups is 2. The Hall–Kier alpha value is -1.82. The van der Waals surface area contributed by atoms with Crippen LogP contribution in [-0.2, 0) is 9.47 Å². The number of thiophene rings is 2. The highest BCUT2D eigenvalue weighted by Gasteiger charge is 2.04. The molecule has 0 bridgehead atoms. The van der Waals surface area contributed by atoms with Gasteiger partial charge >= 0.3 is 0 Å². The van der Waals surface area contributed by atoms with Crippen LogP contribution < -0.4 is 9.47 Å². The van der Waals surface area contributed by atoms with Crippen molar-refractivity contribution in [2.75, 3.05) is 65.9 Å². The van der Waals surface area contributed by atoms with E-state index in [1.54, 1.807) is 12.4 Å². The van der Waals surface area contributed by atoms with E-state index in [2.05, 4.69) is 9.98 Å². The first-order chi connectivity index (χ1) is 14.8. The molecule has 0 aromatic carbocycles. The molecule has 0 fully saturated rings. The van der Waals surface area contributed by atoms with Gasteiger partial charge in [-0.2, -0.15) is 0 Å². The first-order valence-electron chi connectivity index (χ1n) is 9.62. The third-order valence-corrected chi connectivity index (χ3v) is 5.20. The maximum Gasteiger partial charge on any atom is 0.138 e. The van der Waals surface area contributed by atoms with Crippen molar-refractivity contribution in [1.29, 1.82) is 0 Å². The lowest BCUT2D eigenvalue weighted by molar-refractivity contribution is 0.0274. The number of aliphatic imine (C=N–C) groups is 2. The van der Waals surface area contributed by atoms with Crippen molar-refractivity contribution in [3.63, 3.8) is 0 Å². The first-order valence-corrected chi connectivity index (χ1v) is 11.4. The standard InChI is InChI=1S/C20H28N2O6S2/c23-5-3-21-15-19-17(1-13-29-19)27-11-9-25-7-8-26-10-12-28-18-2-14-30-20(18)16-22-4-6-24/h1-2,13-16,23-24H,3-12H2. The predicted octanol–water partition coefficient (Wildman–Crippen LogP) is 2.12. The fourth-order valence-corrected chi connectivity index (χ4v) is 3.63. The smallest absolute Gasteiger partial charge is 0.138 e. The molecule has 0 unspecified atom stereocenters. The maximum absolute atomic E-state index is 8.76. The van der Waals surface area contributed by atoms with Gasteiger partial charge in [0.15, 0.2) is 0 Å². The van der Waals surface area contributed by atoms with Crippen molar-refractivity contribution in [3.05, 3.63) is 32.6 Å². The quantitative estimate of drug-likeness (QED) is 0.279. The lowest BCUT2D eigenvalue weighted by Gasteiger charge is -2.08. The SMILES string of the molecule is OCCN=Cc1sccc1OCCOCCOCCOc1ccsc1C=NCCO. The number of ether oxygens (including phenoxy) is 4. The largest absolute Gasteiger partial charge is 0.490 e. The van der Waals surface area contributed by atoms with E-state index >= 15 is 0 Å². The van der Waals surface area contributed by atoms with Gasteiger partial charge in [-0.1, -0.05) is 0 Å². The summed E-state index contributed by atoms with van der Waals surface area (Å²) in [7, 11) is 0. The Kier molecular flexibility index (Phi) is 13.0. The van der Waals surface area contributed by atoms with Crippen LogP contribution in [0.1, 0.15) is 9.75 Å². The summed E-state index contributed by atoms with van der Waals surface area (Å²) in [5.41, 5.74) is 0. The Balaban J connectivity index is 1.48. The second-order valence-electron chi connectivity index (χ2n) is 5.74. The van der Waals surface area contributed by atoms with Gasteiger partial charge in [-0.05, 0) is 22.9 Å². The molecule has 2 N–H and O–H groups in total. The number of hydrogen-bond donors (Lipinski definition) is 2. The van der Waals surface area contributed by atoms with E-state index in [1.165, 1.54) is 22.7 Å². The summed E-state index contributed by atoms with van der Waals surface area (Å²) in [6.45, 7) is 3.63. The summed E-state index contributed by atoms with van der Waals surface area (Å²) in [5.74, 6) is 1.54. The van der Waals surface area contributed by atoms with Crippen LogP contribution in [0.15, 0.2) is 32.9 Å². The van der Waals surface area contributed by atoms with Gasteiger partial charge in [0.25, 0.3) is 0 Å². The minimum Gasteiger partial charge on any atom is -0.490 e. The van der Waals surface area contributed by atoms with Crippen molar-refractivity contribution in [3.8, 4) is 11.5 Å². The summed E-state index contributed by atoms with van der Waals surface area (Å²) in [6.07, 6.45) is 3.43. The highest BCUT2D eigenvalue weighted by atomic mass is 32.1. The van der Waals surface area contributed by atoms with Gasteiger partial charge in [0, 0.05) is 12.4 Å². The lowest BCUT2D eigenvalue weighted by atomic mass is 10.4. The molecule has 2 aromatic heterocycles. The van der Waals surface area contributed by atoms with Gasteiger partial charge in [-0.3, -0.25) is 9.98 Å². The summed E-state index contributed by atoms with van der Waals surface area (Å²) in [4.78, 5) is 10.1. The fraction of sp³-hybridized carbons (Fsp3) is 0.500. The summed E-state index contributed by atoms with van der Waals surface area (Å²) >= 11 is 3.08. The second-order valence-corrected chi connectivity index (χ2v) is 7.63. The molecule has 8 nitrogen and oxygen atoms in total. The van der Waals surface area contributed by atoms with Gasteiger partial charge < -0.3 is 29.2 Å². The molecule has 0 saturated carbocycles. The molecule has 2 rings (SSSR count). The molecular formula is C20H28N2O6S2. The number of aliphatic hydroxyl groups excluding tert-OH is 2. The lowest BCUT2D eigenvalue weighted by Crippen LogP contribution is -2.13. The average Bonchev–Trinajstić information content (AvgIpc) is 3.39. The molecule has 0 aliphatic rings. The topological polar surface area (TPSA) is 102 Å². The van der Waals surface area contributed by atoms with Crippen LogP contribution in [0.5, 0.6) is 11.5 Å². The predicted molar refractivity (Wildman–Crippen MR) is 120 cm³/mol. The van der Waals surface area contributed by atoms with Crippen molar-refractivity contribution < 1.29 is 29.2 Å². The van der Waals surface area contributed by atoms with Crippen molar-refractivity contribution in [2.24, 2.45) is 9.98 Å². The van der Waals surface area contributed by atoms with Crippen molar-refractivity contribution in [2.45, 2.75) is 0 Å². The van der Waals surface area contributed by atoms with E-state index in [4.69, 9.17) is 29.2 Å². The molecule has 2 aromatic rings. The Bertz CT molecular complexity index is 685. The van der Waals surface area contributed by atoms with Crippen LogP contribution in [-0.4, -0.2) is 88.6 Å². The number of rotatable bonds is 17. The molecule has 0 atom stereocenters. The molecule has 0 radical (unpaired) electrons. The van der Waals surface area contributed by atoms with E-state index in [-0.39, 0.29) is 13.2 Å². The normalized spacial score (nSPS) is 11.7. The molecule has 166 valence electrons. The molecule has 0 spiro atoms. The Labute approximate surface area is 184 Å². The molecule has 0 amide bonds. The number of nitrogens with zero attached hydrogens (tertiary/aromatic N) is 2. The highest BCUT2D eigenvalue weighted by Crippen LogP contribution is 2.23. The zero-order valence-corrected chi connectivity index (χ0v) is 18.4. The Morgan fingerprint density at radius 2 is 1.13 bits per heavy atom. The van der Waals surface area contributed by atoms with Crippen LogP contribution in [0, 0.1) is 0 Å². The molecule has 30 heavy (non-hydrogen) atoms. The average molecular weight is 457 g/mol. The van der Waals surface area contributed by atoms with Crippen molar-refractivity contribution >= 4 is 35.1 Å². The van der Waals surface area contributed by atoms with E-state index in [1.807, 2.05) is 22.9 Å². The van der Waals surface area contributed by atoms with Crippen LogP contribution in [0.3, 0.4) is 0 Å². The third-order valence-electron chi connectivity index (χ3n) is 3.53. The molecular weight excluding hydrogens is 428 g/mol. The van der Waals surface area contributed by atoms with Crippen LogP contribution in [0.25, 0.3) is 0 Å². The van der Waals surface area contributed by atoms with Gasteiger partial charge in [-0.15, -0.1) is 22.7 Å². The minimum atomic E-state index is 0.0371. The summed E-state index contributed by atoms with van der Waals surface area (Å²) in [6, 6.07) is 3.79. The van der Waals surface area contributed by atoms with Gasteiger partial charge in [0.1, 0.15) is 24.7 Å². The van der Waals surface area contributed by atoms with Gasteiger partial charge in [0.2, 0.25) is 0 Å². The molecule has 10 heteroatoms. The maximum atomic E-state index is 8.76. The number of hydrogen-bond acceptors (Lipinski definition) is 10. The van der Waals surface area contributed by atoms with Crippen LogP contribution in [0.4, 0.5) is 0 Å². The second kappa shape index (κ2) is 15.9. The van der Waals surface area contributed by atoms with E-state index in [9.17, 15) is 0 Å². The summed E-state index contributed by atoms with van der Waals surface area (Å²) in [5, 5.41) is 21.4. The molecule has 2 heterocycles. The zero-order valence-electron chi connectivity index (χ0n) is 16.8. The first kappa shape index (κ1) is 24.4. The van der Waals surface area contributed by atoms with Crippen LogP contribution in [0.2, 0.25) is 0 Å². The van der Waals surface area contributed by atoms with E-state index in [0.29, 0.717) is 52.7 Å². The van der Waals surface area contributed by atoms with Crippen molar-refractivity contribution in [1.82, 2.24) is 0 Å². The summed E-state index contributed by atoms with van der Waals surface area (Å²) < 4.78 is 22.4. The van der Waals surface area contributed by atoms with Crippen LogP contribution >= 0.6 is 22.7 Å². The van der Waals surface area contributed by atoms with Gasteiger partial charge in [-0.25, -0.2) is 0 Å². The third kappa shape index (κ3) is 9.79. The van der Waals surface area contributed by atoms with Gasteiger partial charge in [0.05, 0.1) is 62.5 Å². The molecule has 0 saturated heterocycles. The van der Waals surface area contributed by atoms with E-state index in [0.717, 1.165) is 21.3 Å². The minimum absolute atomic E-state index is 0.0371. The Morgan fingerprint density at radius 3 is 1.57 bits per heavy atom. The fourth-order valence-electron chi connectivity index (χ4n) is 2.20. The van der Waals surface area contributed by atoms with E-state index < -0.39 is 0 Å². The Morgan fingerprint density at radius 1 is 0.700 bits per heavy atom. The zero-order chi connectivity index (χ0) is 21.3. The molecule has 0 aliphatic carbocycles. The molecule has 0 aliphatic heterocycles.